The summed E-state index contributed by atoms with van der Waals surface area (Å²) in [7, 11) is -4.51. The Hall–Kier alpha value is -5.56. The van der Waals surface area contributed by atoms with Gasteiger partial charge in [0, 0.05) is 34.4 Å². The molecule has 0 fully saturated rings. The minimum absolute atomic E-state index is 0. The molecule has 2 atom stereocenters. The summed E-state index contributed by atoms with van der Waals surface area (Å²) in [6, 6.07) is 30.3. The molecule has 6 aromatic carbocycles. The van der Waals surface area contributed by atoms with E-state index in [4.69, 9.17) is 9.47 Å². The van der Waals surface area contributed by atoms with Crippen molar-refractivity contribution in [3.63, 3.8) is 0 Å². The van der Waals surface area contributed by atoms with E-state index in [1.54, 1.807) is 0 Å². The van der Waals surface area contributed by atoms with Crippen LogP contribution in [0.3, 0.4) is 0 Å². The van der Waals surface area contributed by atoms with Crippen molar-refractivity contribution in [2.75, 3.05) is 5.32 Å². The van der Waals surface area contributed by atoms with E-state index in [1.165, 1.54) is 57.6 Å². The van der Waals surface area contributed by atoms with Gasteiger partial charge in [-0.25, -0.2) is 8.42 Å². The maximum Gasteiger partial charge on any atom is 1.00 e. The smallest absolute Gasteiger partial charge is 0.744 e. The second-order valence-electron chi connectivity index (χ2n) is 28.8. The Kier molecular flexibility index (Phi) is 20.4. The Morgan fingerprint density at radius 1 is 0.530 bits per heavy atom. The first-order valence-electron chi connectivity index (χ1n) is 28.6. The third-order valence-electron chi connectivity index (χ3n) is 15.8. The van der Waals surface area contributed by atoms with Crippen molar-refractivity contribution in [3.05, 3.63) is 181 Å². The van der Waals surface area contributed by atoms with Crippen LogP contribution in [-0.4, -0.2) is 35.9 Å². The van der Waals surface area contributed by atoms with E-state index in [1.807, 2.05) is 59.7 Å². The van der Waals surface area contributed by atoms with Gasteiger partial charge in [0.15, 0.2) is 0 Å². The quantitative estimate of drug-likeness (QED) is 0.0687. The first kappa shape index (κ1) is 68.2. The van der Waals surface area contributed by atoms with Gasteiger partial charge in [-0.3, -0.25) is 14.4 Å². The topological polar surface area (TPSA) is 159 Å². The summed E-state index contributed by atoms with van der Waals surface area (Å²) in [5, 5.41) is 13.5. The number of aromatic hydroxyl groups is 1. The van der Waals surface area contributed by atoms with Crippen LogP contribution < -0.4 is 44.3 Å². The van der Waals surface area contributed by atoms with Crippen molar-refractivity contribution in [1.82, 2.24) is 0 Å². The van der Waals surface area contributed by atoms with Crippen molar-refractivity contribution >= 4 is 33.7 Å². The Bertz CT molecular complexity index is 3500. The van der Waals surface area contributed by atoms with Gasteiger partial charge in [-0.2, -0.15) is 0 Å². The number of benzene rings is 6. The van der Waals surface area contributed by atoms with Gasteiger partial charge in [-0.1, -0.05) is 197 Å². The molecule has 0 aliphatic carbocycles. The molecule has 2 heterocycles. The standard InChI is InChI=1S/2C24H30O2.C23H31NO5S.Na/c1-14-9-10-16(11-15(14)2)20-18-12-17(23(3,4)5)13-19(24(6,7)8)21(18)26-22(20)25;1-14-10-9-11-17(15(14)2)20-18-12-16(23(3,4)5)13-19(24(6,7)8)21(18)26-22(20)25;1-22(2,3)18-13-15(14-19(21(18)26)23(4,5)6)7-12-20(25)24-16-8-10-17(11-9-16)30(27,28)29;/h2*9-13,20H,1-8H3;8-11,13-14,26H,7,12H2,1-6H3,(H,24,25)(H,27,28,29);/q;;;+1/p-1. The molecule has 83 heavy (non-hydrogen) atoms. The largest absolute Gasteiger partial charge is 1.00 e. The van der Waals surface area contributed by atoms with E-state index >= 15 is 0 Å². The number of nitrogens with one attached hydrogen (secondary N) is 1. The molecule has 6 aromatic rings. The number of esters is 2. The zero-order valence-corrected chi connectivity index (χ0v) is 56.7. The Morgan fingerprint density at radius 3 is 1.40 bits per heavy atom. The molecule has 2 unspecified atom stereocenters. The second-order valence-corrected chi connectivity index (χ2v) is 30.2. The molecule has 2 aliphatic rings. The van der Waals surface area contributed by atoms with Gasteiger partial charge < -0.3 is 24.4 Å². The van der Waals surface area contributed by atoms with Crippen LogP contribution in [0.4, 0.5) is 5.69 Å². The van der Waals surface area contributed by atoms with Gasteiger partial charge in [0.05, 0.1) is 4.90 Å². The molecule has 440 valence electrons. The van der Waals surface area contributed by atoms with Crippen LogP contribution in [0.1, 0.15) is 226 Å². The fourth-order valence-electron chi connectivity index (χ4n) is 10.3. The van der Waals surface area contributed by atoms with E-state index in [2.05, 4.69) is 171 Å². The fraction of sp³-hybridized carbons (Fsp3) is 0.451. The number of hydrogen-bond acceptors (Lipinski definition) is 9. The maximum atomic E-state index is 12.9. The van der Waals surface area contributed by atoms with Crippen molar-refractivity contribution < 1.29 is 71.5 Å². The minimum Gasteiger partial charge on any atom is -0.744 e. The number of anilines is 1. The van der Waals surface area contributed by atoms with E-state index in [0.29, 0.717) is 17.9 Å². The SMILES string of the molecule is CC(C)(C)c1cc(CCC(=O)Nc2ccc(S(=O)(=O)[O-])cc2)cc(C(C)(C)C)c1O.Cc1ccc(C2C(=O)Oc3c2cc(C(C)(C)C)cc3C(C)(C)C)cc1C.Cc1cccc(C2C(=O)Oc3c2cc(C(C)(C)C)cc3C(C)(C)C)c1C.[Na+]. The number of aryl methyl sites for hydroxylation is 4. The molecule has 0 aromatic heterocycles. The number of carbonyl (C=O) groups excluding carboxylic acids is 3. The summed E-state index contributed by atoms with van der Waals surface area (Å²) >= 11 is 0. The monoisotopic (exact) mass is 1160 g/mol. The van der Waals surface area contributed by atoms with Gasteiger partial charge in [0.1, 0.15) is 39.2 Å². The number of phenols is 1. The maximum absolute atomic E-state index is 12.9. The normalized spacial score (nSPS) is 15.4. The van der Waals surface area contributed by atoms with Crippen molar-refractivity contribution in [2.45, 2.75) is 214 Å². The number of hydrogen-bond donors (Lipinski definition) is 2. The molecule has 10 nitrogen and oxygen atoms in total. The number of phenolic OH excluding ortho intramolecular Hbond substituents is 1. The third-order valence-corrected chi connectivity index (χ3v) is 16.6. The number of rotatable bonds is 7. The van der Waals surface area contributed by atoms with Crippen LogP contribution in [-0.2, 0) is 63.4 Å². The van der Waals surface area contributed by atoms with Crippen LogP contribution in [0.2, 0.25) is 0 Å². The predicted octanol–water partition coefficient (Wildman–Crippen LogP) is 13.4. The van der Waals surface area contributed by atoms with Gasteiger partial charge in [0.25, 0.3) is 0 Å². The molecule has 2 N–H and O–H groups in total. The Balaban J connectivity index is 0.000000227. The van der Waals surface area contributed by atoms with E-state index in [9.17, 15) is 32.5 Å². The molecule has 0 spiro atoms. The molecule has 0 bridgehead atoms. The van der Waals surface area contributed by atoms with Crippen LogP contribution >= 0.6 is 0 Å². The van der Waals surface area contributed by atoms with Gasteiger partial charge in [-0.05, 0) is 152 Å². The third kappa shape index (κ3) is 16.1. The van der Waals surface area contributed by atoms with Gasteiger partial charge >= 0.3 is 41.5 Å². The molecule has 0 saturated heterocycles. The zero-order chi connectivity index (χ0) is 61.8. The molecule has 0 radical (unpaired) electrons. The number of amides is 1. The minimum atomic E-state index is -4.51. The van der Waals surface area contributed by atoms with Crippen molar-refractivity contribution in [1.29, 1.82) is 0 Å². The average Bonchev–Trinajstić information content (AvgIpc) is 3.96. The van der Waals surface area contributed by atoms with Crippen LogP contribution in [0.25, 0.3) is 0 Å². The molecule has 8 rings (SSSR count). The Labute approximate surface area is 519 Å². The first-order chi connectivity index (χ1) is 37.4. The summed E-state index contributed by atoms with van der Waals surface area (Å²) in [4.78, 5) is 37.8. The molecule has 2 aliphatic heterocycles. The fourth-order valence-corrected chi connectivity index (χ4v) is 10.8. The number of fused-ring (bicyclic) bond motifs is 2. The van der Waals surface area contributed by atoms with E-state index < -0.39 is 10.1 Å². The van der Waals surface area contributed by atoms with Crippen LogP contribution in [0.15, 0.2) is 102 Å². The molecule has 1 amide bonds. The number of carbonyl (C=O) groups is 3. The van der Waals surface area contributed by atoms with Crippen LogP contribution in [0.5, 0.6) is 17.2 Å². The molecule has 12 heteroatoms. The number of ether oxygens (including phenoxy) is 2. The van der Waals surface area contributed by atoms with Crippen molar-refractivity contribution in [3.8, 4) is 17.2 Å². The average molecular weight is 1160 g/mol. The molecular weight excluding hydrogens is 1070 g/mol. The predicted molar refractivity (Wildman–Crippen MR) is 331 cm³/mol. The summed E-state index contributed by atoms with van der Waals surface area (Å²) in [5.74, 6) is 0.596. The van der Waals surface area contributed by atoms with Gasteiger partial charge in [0.2, 0.25) is 5.91 Å². The molecular formula is C71H90NNaO9S. The zero-order valence-electron chi connectivity index (χ0n) is 53.9. The summed E-state index contributed by atoms with van der Waals surface area (Å²) in [6.07, 6.45) is 0.713. The van der Waals surface area contributed by atoms with Gasteiger partial charge in [-0.15, -0.1) is 0 Å². The summed E-state index contributed by atoms with van der Waals surface area (Å²) in [6.45, 7) is 46.9. The van der Waals surface area contributed by atoms with E-state index in [-0.39, 0.29) is 103 Å². The molecule has 0 saturated carbocycles. The van der Waals surface area contributed by atoms with E-state index in [0.717, 1.165) is 61.6 Å². The first-order valence-corrected chi connectivity index (χ1v) is 30.0. The van der Waals surface area contributed by atoms with Crippen LogP contribution in [0, 0.1) is 27.7 Å². The summed E-state index contributed by atoms with van der Waals surface area (Å²) < 4.78 is 44.6. The Morgan fingerprint density at radius 2 is 0.976 bits per heavy atom. The second kappa shape index (κ2) is 24.8. The summed E-state index contributed by atoms with van der Waals surface area (Å²) in [5.41, 5.74) is 16.0. The van der Waals surface area contributed by atoms with Crippen molar-refractivity contribution in [2.24, 2.45) is 0 Å².